The number of rotatable bonds is 2. The topological polar surface area (TPSA) is 27.6 Å². The third kappa shape index (κ3) is 2.63. The molecular weight excluding hydrogens is 210 g/mol. The summed E-state index contributed by atoms with van der Waals surface area (Å²) >= 11 is 5.81. The van der Waals surface area contributed by atoms with E-state index in [1.807, 2.05) is 31.3 Å². The molecule has 1 N–H and O–H groups in total. The van der Waals surface area contributed by atoms with Gasteiger partial charge in [0.25, 0.3) is 0 Å². The first kappa shape index (κ1) is 10.3. The zero-order chi connectivity index (χ0) is 10.7. The van der Waals surface area contributed by atoms with Crippen LogP contribution in [-0.2, 0) is 6.54 Å². The van der Waals surface area contributed by atoms with E-state index in [1.165, 1.54) is 5.56 Å². The van der Waals surface area contributed by atoms with Gasteiger partial charge in [-0.25, -0.2) is 0 Å². The van der Waals surface area contributed by atoms with Crippen molar-refractivity contribution >= 4 is 17.6 Å². The summed E-state index contributed by atoms with van der Waals surface area (Å²) in [6, 6.07) is 7.84. The Morgan fingerprint density at radius 2 is 2.13 bits per heavy atom. The molecule has 15 heavy (non-hydrogen) atoms. The maximum atomic E-state index is 5.81. The van der Waals surface area contributed by atoms with Gasteiger partial charge in [0.1, 0.15) is 0 Å². The van der Waals surface area contributed by atoms with Gasteiger partial charge >= 0.3 is 0 Å². The first-order valence-corrected chi connectivity index (χ1v) is 5.37. The van der Waals surface area contributed by atoms with Crippen molar-refractivity contribution in [2.24, 2.45) is 4.99 Å². The number of guanidine groups is 1. The minimum atomic E-state index is 0.772. The minimum Gasteiger partial charge on any atom is -0.352 e. The van der Waals surface area contributed by atoms with Crippen molar-refractivity contribution in [3.05, 3.63) is 34.9 Å². The molecule has 0 fully saturated rings. The predicted octanol–water partition coefficient (Wildman–Crippen LogP) is 1.73. The average molecular weight is 224 g/mol. The molecule has 1 aliphatic rings. The van der Waals surface area contributed by atoms with Crippen LogP contribution in [0.5, 0.6) is 0 Å². The summed E-state index contributed by atoms with van der Waals surface area (Å²) < 4.78 is 0. The average Bonchev–Trinajstić information content (AvgIpc) is 2.63. The molecule has 1 aliphatic heterocycles. The van der Waals surface area contributed by atoms with E-state index in [1.54, 1.807) is 0 Å². The lowest BCUT2D eigenvalue weighted by Crippen LogP contribution is -2.35. The molecule has 0 atom stereocenters. The largest absolute Gasteiger partial charge is 0.352 e. The maximum absolute atomic E-state index is 5.81. The lowest BCUT2D eigenvalue weighted by atomic mass is 10.2. The number of hydrogen-bond donors (Lipinski definition) is 1. The van der Waals surface area contributed by atoms with Crippen molar-refractivity contribution in [2.45, 2.75) is 6.54 Å². The summed E-state index contributed by atoms with van der Waals surface area (Å²) in [6.07, 6.45) is 0. The van der Waals surface area contributed by atoms with Crippen molar-refractivity contribution in [1.82, 2.24) is 10.2 Å². The molecule has 80 valence electrons. The van der Waals surface area contributed by atoms with Crippen molar-refractivity contribution in [1.29, 1.82) is 0 Å². The molecule has 0 saturated carbocycles. The highest BCUT2D eigenvalue weighted by Crippen LogP contribution is 2.09. The van der Waals surface area contributed by atoms with Crippen LogP contribution < -0.4 is 5.32 Å². The third-order valence-corrected chi connectivity index (χ3v) is 2.67. The second-order valence-corrected chi connectivity index (χ2v) is 4.04. The highest BCUT2D eigenvalue weighted by Gasteiger charge is 2.10. The van der Waals surface area contributed by atoms with Gasteiger partial charge in [-0.2, -0.15) is 0 Å². The molecule has 1 heterocycles. The minimum absolute atomic E-state index is 0.772. The van der Waals surface area contributed by atoms with Crippen molar-refractivity contribution in [3.63, 3.8) is 0 Å². The van der Waals surface area contributed by atoms with Crippen LogP contribution in [0.2, 0.25) is 5.02 Å². The highest BCUT2D eigenvalue weighted by atomic mass is 35.5. The van der Waals surface area contributed by atoms with E-state index in [9.17, 15) is 0 Å². The molecule has 0 aliphatic carbocycles. The molecular formula is C11H14ClN3. The van der Waals surface area contributed by atoms with Crippen LogP contribution in [0.25, 0.3) is 0 Å². The van der Waals surface area contributed by atoms with Crippen LogP contribution in [0.4, 0.5) is 0 Å². The van der Waals surface area contributed by atoms with E-state index < -0.39 is 0 Å². The summed E-state index contributed by atoms with van der Waals surface area (Å²) in [4.78, 5) is 6.48. The second-order valence-electron chi connectivity index (χ2n) is 3.61. The van der Waals surface area contributed by atoms with Gasteiger partial charge in [-0.3, -0.25) is 4.99 Å². The molecule has 1 aromatic carbocycles. The highest BCUT2D eigenvalue weighted by molar-refractivity contribution is 6.30. The van der Waals surface area contributed by atoms with Crippen LogP contribution >= 0.6 is 11.6 Å². The van der Waals surface area contributed by atoms with Gasteiger partial charge in [0.15, 0.2) is 5.96 Å². The second kappa shape index (κ2) is 4.53. The van der Waals surface area contributed by atoms with E-state index >= 15 is 0 Å². The Bertz CT molecular complexity index is 359. The molecule has 4 heteroatoms. The Labute approximate surface area is 94.8 Å². The van der Waals surface area contributed by atoms with Crippen LogP contribution in [0.3, 0.4) is 0 Å². The zero-order valence-corrected chi connectivity index (χ0v) is 9.46. The Morgan fingerprint density at radius 1 is 1.40 bits per heavy atom. The van der Waals surface area contributed by atoms with Crippen LogP contribution in [0, 0.1) is 0 Å². The first-order valence-electron chi connectivity index (χ1n) is 4.99. The Kier molecular flexibility index (Phi) is 3.11. The lowest BCUT2D eigenvalue weighted by molar-refractivity contribution is 0.534. The number of aliphatic imine (C=N–C) groups is 1. The molecule has 1 aromatic rings. The molecule has 0 saturated heterocycles. The number of likely N-dealkylation sites (N-methyl/N-ethyl adjacent to an activating group) is 1. The molecule has 0 bridgehead atoms. The summed E-state index contributed by atoms with van der Waals surface area (Å²) in [5, 5.41) is 4.07. The van der Waals surface area contributed by atoms with Crippen LogP contribution in [-0.4, -0.2) is 31.0 Å². The van der Waals surface area contributed by atoms with Crippen LogP contribution in [0.1, 0.15) is 5.56 Å². The van der Waals surface area contributed by atoms with E-state index in [-0.39, 0.29) is 0 Å². The zero-order valence-electron chi connectivity index (χ0n) is 8.70. The van der Waals surface area contributed by atoms with Gasteiger partial charge in [0.2, 0.25) is 0 Å². The number of nitrogens with one attached hydrogen (secondary N) is 1. The molecule has 2 rings (SSSR count). The standard InChI is InChI=1S/C11H14ClN3/c1-15-7-6-13-11(15)14-8-9-2-4-10(12)5-3-9/h2-5H,6-8H2,1H3,(H,13,14). The third-order valence-electron chi connectivity index (χ3n) is 2.42. The number of hydrogen-bond acceptors (Lipinski definition) is 3. The molecule has 0 amide bonds. The molecule has 0 radical (unpaired) electrons. The quantitative estimate of drug-likeness (QED) is 0.827. The van der Waals surface area contributed by atoms with Crippen LogP contribution in [0.15, 0.2) is 29.3 Å². The van der Waals surface area contributed by atoms with E-state index in [0.29, 0.717) is 0 Å². The van der Waals surface area contributed by atoms with Gasteiger partial charge in [-0.15, -0.1) is 0 Å². The molecule has 0 unspecified atom stereocenters. The number of halogens is 1. The fraction of sp³-hybridized carbons (Fsp3) is 0.364. The van der Waals surface area contributed by atoms with E-state index in [0.717, 1.165) is 30.6 Å². The smallest absolute Gasteiger partial charge is 0.194 e. The van der Waals surface area contributed by atoms with E-state index in [2.05, 4.69) is 15.2 Å². The summed E-state index contributed by atoms with van der Waals surface area (Å²) in [5.41, 5.74) is 1.21. The maximum Gasteiger partial charge on any atom is 0.194 e. The number of nitrogens with zero attached hydrogens (tertiary/aromatic N) is 2. The van der Waals surface area contributed by atoms with Gasteiger partial charge in [-0.1, -0.05) is 23.7 Å². The van der Waals surface area contributed by atoms with Crippen molar-refractivity contribution < 1.29 is 0 Å². The Hall–Kier alpha value is -1.22. The van der Waals surface area contributed by atoms with Gasteiger partial charge < -0.3 is 10.2 Å². The van der Waals surface area contributed by atoms with Gasteiger partial charge in [-0.05, 0) is 17.7 Å². The Morgan fingerprint density at radius 3 is 2.73 bits per heavy atom. The molecule has 0 spiro atoms. The molecule has 3 nitrogen and oxygen atoms in total. The van der Waals surface area contributed by atoms with Gasteiger partial charge in [0, 0.05) is 25.2 Å². The predicted molar refractivity (Wildman–Crippen MR) is 63.2 cm³/mol. The SMILES string of the molecule is CN1CCN=C1NCc1ccc(Cl)cc1. The first-order chi connectivity index (χ1) is 7.25. The summed E-state index contributed by atoms with van der Waals surface area (Å²) in [7, 11) is 2.04. The molecule has 0 aromatic heterocycles. The lowest BCUT2D eigenvalue weighted by Gasteiger charge is -2.15. The number of benzene rings is 1. The monoisotopic (exact) mass is 223 g/mol. The summed E-state index contributed by atoms with van der Waals surface area (Å²) in [5.74, 6) is 0.977. The van der Waals surface area contributed by atoms with Crippen molar-refractivity contribution in [2.75, 3.05) is 20.1 Å². The summed E-state index contributed by atoms with van der Waals surface area (Å²) in [6.45, 7) is 2.68. The Balaban J connectivity index is 1.90. The fourth-order valence-corrected chi connectivity index (χ4v) is 1.63. The fourth-order valence-electron chi connectivity index (χ4n) is 1.51. The van der Waals surface area contributed by atoms with Gasteiger partial charge in [0.05, 0.1) is 6.54 Å². The van der Waals surface area contributed by atoms with E-state index in [4.69, 9.17) is 11.6 Å². The normalized spacial score (nSPS) is 15.3. The van der Waals surface area contributed by atoms with Crippen molar-refractivity contribution in [3.8, 4) is 0 Å².